The minimum atomic E-state index is -3.86. The summed E-state index contributed by atoms with van der Waals surface area (Å²) in [7, 11) is -3.86. The second-order valence-electron chi connectivity index (χ2n) is 7.69. The fraction of sp³-hybridized carbons (Fsp3) is 0.240. The number of hydrogen-bond donors (Lipinski definition) is 0. The van der Waals surface area contributed by atoms with Crippen LogP contribution in [0.5, 0.6) is 11.5 Å². The molecule has 1 heterocycles. The van der Waals surface area contributed by atoms with Gasteiger partial charge in [-0.1, -0.05) is 73.7 Å². The number of benzene rings is 3. The van der Waals surface area contributed by atoms with Crippen LogP contribution in [0, 0.1) is 5.92 Å². The minimum absolute atomic E-state index is 0.157. The number of nitrogens with zero attached hydrogens (tertiary/aromatic N) is 2. The van der Waals surface area contributed by atoms with Gasteiger partial charge in [0, 0.05) is 19.0 Å². The highest BCUT2D eigenvalue weighted by Gasteiger charge is 2.33. The van der Waals surface area contributed by atoms with Crippen molar-refractivity contribution >= 4 is 13.6 Å². The summed E-state index contributed by atoms with van der Waals surface area (Å²) in [5, 5.41) is 0. The summed E-state index contributed by atoms with van der Waals surface area (Å²) >= 11 is 0. The second kappa shape index (κ2) is 9.84. The second-order valence-corrected chi connectivity index (χ2v) is 9.19. The molecule has 1 fully saturated rings. The van der Waals surface area contributed by atoms with E-state index in [-0.39, 0.29) is 5.92 Å². The Balaban J connectivity index is 1.68. The van der Waals surface area contributed by atoms with Crippen molar-refractivity contribution in [3.05, 3.63) is 96.6 Å². The van der Waals surface area contributed by atoms with Crippen molar-refractivity contribution in [2.24, 2.45) is 10.7 Å². The SMILES string of the molecule is CC1CCCN(Cc2ccccc2)/C1=N/P(=O)(Oc1ccccc1)Oc1ccccc1. The first-order valence-corrected chi connectivity index (χ1v) is 12.1. The van der Waals surface area contributed by atoms with Crippen LogP contribution in [0.4, 0.5) is 0 Å². The molecule has 0 spiro atoms. The maximum Gasteiger partial charge on any atom is 0.564 e. The Morgan fingerprint density at radius 3 is 1.94 bits per heavy atom. The molecule has 0 N–H and O–H groups in total. The first kappa shape index (κ1) is 21.2. The highest BCUT2D eigenvalue weighted by molar-refractivity contribution is 7.53. The molecule has 6 heteroatoms. The molecule has 1 atom stereocenters. The molecule has 0 saturated carbocycles. The van der Waals surface area contributed by atoms with Crippen LogP contribution in [0.2, 0.25) is 0 Å². The van der Waals surface area contributed by atoms with E-state index in [9.17, 15) is 4.57 Å². The van der Waals surface area contributed by atoms with Gasteiger partial charge < -0.3 is 13.9 Å². The summed E-state index contributed by atoms with van der Waals surface area (Å²) < 4.78 is 30.3. The fourth-order valence-electron chi connectivity index (χ4n) is 3.68. The predicted octanol–water partition coefficient (Wildman–Crippen LogP) is 6.58. The van der Waals surface area contributed by atoms with Gasteiger partial charge in [-0.25, -0.2) is 4.57 Å². The third kappa shape index (κ3) is 5.77. The number of para-hydroxylation sites is 2. The Morgan fingerprint density at radius 2 is 1.39 bits per heavy atom. The van der Waals surface area contributed by atoms with Gasteiger partial charge >= 0.3 is 7.75 Å². The normalized spacial score (nSPS) is 18.0. The lowest BCUT2D eigenvalue weighted by atomic mass is 9.98. The minimum Gasteiger partial charge on any atom is -0.399 e. The van der Waals surface area contributed by atoms with Gasteiger partial charge in [-0.3, -0.25) is 0 Å². The van der Waals surface area contributed by atoms with Crippen molar-refractivity contribution in [3.63, 3.8) is 0 Å². The lowest BCUT2D eigenvalue weighted by molar-refractivity contribution is 0.328. The number of piperidine rings is 1. The topological polar surface area (TPSA) is 51.1 Å². The van der Waals surface area contributed by atoms with E-state index in [1.54, 1.807) is 24.3 Å². The van der Waals surface area contributed by atoms with Crippen LogP contribution in [0.3, 0.4) is 0 Å². The molecule has 0 amide bonds. The highest BCUT2D eigenvalue weighted by Crippen LogP contribution is 2.51. The van der Waals surface area contributed by atoms with Crippen LogP contribution in [0.1, 0.15) is 25.3 Å². The molecule has 1 aliphatic heterocycles. The van der Waals surface area contributed by atoms with E-state index in [2.05, 4.69) is 28.7 Å². The zero-order valence-electron chi connectivity index (χ0n) is 17.6. The van der Waals surface area contributed by atoms with Gasteiger partial charge in [0.2, 0.25) is 0 Å². The van der Waals surface area contributed by atoms with Crippen LogP contribution in [0.25, 0.3) is 0 Å². The van der Waals surface area contributed by atoms with Crippen molar-refractivity contribution in [1.29, 1.82) is 0 Å². The Kier molecular flexibility index (Phi) is 6.73. The van der Waals surface area contributed by atoms with Crippen molar-refractivity contribution in [2.45, 2.75) is 26.3 Å². The van der Waals surface area contributed by atoms with E-state index >= 15 is 0 Å². The molecule has 1 saturated heterocycles. The number of rotatable bonds is 7. The van der Waals surface area contributed by atoms with E-state index in [1.807, 2.05) is 54.6 Å². The van der Waals surface area contributed by atoms with E-state index in [0.717, 1.165) is 25.2 Å². The summed E-state index contributed by atoms with van der Waals surface area (Å²) in [6.07, 6.45) is 2.05. The highest BCUT2D eigenvalue weighted by atomic mass is 31.2. The maximum atomic E-state index is 13.9. The zero-order chi connectivity index (χ0) is 21.5. The Hall–Kier alpha value is -3.04. The summed E-state index contributed by atoms with van der Waals surface area (Å²) in [5.41, 5.74) is 1.19. The Morgan fingerprint density at radius 1 is 0.871 bits per heavy atom. The summed E-state index contributed by atoms with van der Waals surface area (Å²) in [4.78, 5) is 2.19. The van der Waals surface area contributed by atoms with Gasteiger partial charge in [-0.15, -0.1) is 4.76 Å². The molecule has 3 aromatic carbocycles. The summed E-state index contributed by atoms with van der Waals surface area (Å²) in [5.74, 6) is 1.85. The fourth-order valence-corrected chi connectivity index (χ4v) is 5.15. The maximum absolute atomic E-state index is 13.9. The average Bonchev–Trinajstić information content (AvgIpc) is 2.78. The number of hydrogen-bond acceptors (Lipinski definition) is 3. The first-order valence-electron chi connectivity index (χ1n) is 10.6. The Bertz CT molecular complexity index is 997. The van der Waals surface area contributed by atoms with Gasteiger partial charge in [-0.2, -0.15) is 0 Å². The molecule has 0 aromatic heterocycles. The largest absolute Gasteiger partial charge is 0.564 e. The van der Waals surface area contributed by atoms with E-state index in [4.69, 9.17) is 9.05 Å². The van der Waals surface area contributed by atoms with Crippen molar-refractivity contribution in [3.8, 4) is 11.5 Å². The van der Waals surface area contributed by atoms with Gasteiger partial charge in [0.1, 0.15) is 17.3 Å². The third-order valence-electron chi connectivity index (χ3n) is 5.20. The molecule has 3 aromatic rings. The monoisotopic (exact) mass is 434 g/mol. The first-order chi connectivity index (χ1) is 15.1. The molecule has 5 nitrogen and oxygen atoms in total. The van der Waals surface area contributed by atoms with Gasteiger partial charge in [0.25, 0.3) is 0 Å². The average molecular weight is 434 g/mol. The lowest BCUT2D eigenvalue weighted by Gasteiger charge is -2.35. The smallest absolute Gasteiger partial charge is 0.399 e. The van der Waals surface area contributed by atoms with Gasteiger partial charge in [-0.05, 0) is 42.7 Å². The Labute approximate surface area is 183 Å². The molecule has 160 valence electrons. The molecule has 1 unspecified atom stereocenters. The quantitative estimate of drug-likeness (QED) is 0.394. The third-order valence-corrected chi connectivity index (χ3v) is 6.53. The molecule has 1 aliphatic rings. The molecular formula is C25H27N2O3P. The molecule has 0 aliphatic carbocycles. The predicted molar refractivity (Wildman–Crippen MR) is 124 cm³/mol. The lowest BCUT2D eigenvalue weighted by Crippen LogP contribution is -2.40. The summed E-state index contributed by atoms with van der Waals surface area (Å²) in [6.45, 7) is 3.68. The van der Waals surface area contributed by atoms with E-state index < -0.39 is 7.75 Å². The van der Waals surface area contributed by atoms with Crippen molar-refractivity contribution in [1.82, 2.24) is 4.90 Å². The van der Waals surface area contributed by atoms with Crippen molar-refractivity contribution < 1.29 is 13.6 Å². The van der Waals surface area contributed by atoms with E-state index in [1.165, 1.54) is 5.56 Å². The van der Waals surface area contributed by atoms with Gasteiger partial charge in [0.05, 0.1) is 0 Å². The molecular weight excluding hydrogens is 407 g/mol. The number of likely N-dealkylation sites (tertiary alicyclic amines) is 1. The van der Waals surface area contributed by atoms with Gasteiger partial charge in [0.15, 0.2) is 0 Å². The van der Waals surface area contributed by atoms with Crippen LogP contribution in [-0.4, -0.2) is 17.3 Å². The molecule has 0 radical (unpaired) electrons. The zero-order valence-corrected chi connectivity index (χ0v) is 18.5. The van der Waals surface area contributed by atoms with E-state index in [0.29, 0.717) is 18.0 Å². The van der Waals surface area contributed by atoms with Crippen LogP contribution in [-0.2, 0) is 11.1 Å². The van der Waals surface area contributed by atoms with Crippen LogP contribution < -0.4 is 9.05 Å². The molecule has 31 heavy (non-hydrogen) atoms. The molecule has 0 bridgehead atoms. The summed E-state index contributed by atoms with van der Waals surface area (Å²) in [6, 6.07) is 28.4. The standard InChI is InChI=1S/C25H27N2O3P/c1-21-12-11-19-27(20-22-13-5-2-6-14-22)25(21)26-31(28,29-23-15-7-3-8-16-23)30-24-17-9-4-10-18-24/h2-10,13-18,21H,11-12,19-20H2,1H3/b26-25+. The van der Waals surface area contributed by atoms with Crippen LogP contribution in [0.15, 0.2) is 95.8 Å². The number of amidine groups is 1. The molecule has 4 rings (SSSR count). The van der Waals surface area contributed by atoms with Crippen molar-refractivity contribution in [2.75, 3.05) is 6.54 Å². The van der Waals surface area contributed by atoms with Crippen LogP contribution >= 0.6 is 7.75 Å².